The van der Waals surface area contributed by atoms with E-state index in [1.165, 1.54) is 24.8 Å². The van der Waals surface area contributed by atoms with Gasteiger partial charge in [-0.3, -0.25) is 4.90 Å². The monoisotopic (exact) mass is 217 g/mol. The highest BCUT2D eigenvalue weighted by Crippen LogP contribution is 2.38. The third-order valence-corrected chi connectivity index (χ3v) is 3.99. The van der Waals surface area contributed by atoms with Crippen LogP contribution >= 0.6 is 0 Å². The van der Waals surface area contributed by atoms with E-state index >= 15 is 0 Å². The Balaban J connectivity index is 1.83. The van der Waals surface area contributed by atoms with Crippen LogP contribution < -0.4 is 0 Å². The molecular formula is C14H19NO. The summed E-state index contributed by atoms with van der Waals surface area (Å²) < 4.78 is 5.98. The van der Waals surface area contributed by atoms with Gasteiger partial charge in [0.1, 0.15) is 6.73 Å². The smallest absolute Gasteiger partial charge is 0.100 e. The largest absolute Gasteiger partial charge is 0.356 e. The summed E-state index contributed by atoms with van der Waals surface area (Å²) in [6.45, 7) is 3.13. The number of fused-ring (bicyclic) bond motifs is 1. The number of hydrogen-bond acceptors (Lipinski definition) is 2. The van der Waals surface area contributed by atoms with E-state index in [9.17, 15) is 0 Å². The van der Waals surface area contributed by atoms with Crippen molar-refractivity contribution in [3.8, 4) is 0 Å². The van der Waals surface area contributed by atoms with E-state index in [1.807, 2.05) is 0 Å². The molecule has 2 heteroatoms. The van der Waals surface area contributed by atoms with Crippen LogP contribution in [0, 0.1) is 0 Å². The van der Waals surface area contributed by atoms with Crippen molar-refractivity contribution in [3.05, 3.63) is 35.9 Å². The van der Waals surface area contributed by atoms with Crippen molar-refractivity contribution >= 4 is 0 Å². The molecule has 3 rings (SSSR count). The summed E-state index contributed by atoms with van der Waals surface area (Å²) in [5.74, 6) is 0. The maximum absolute atomic E-state index is 5.98. The van der Waals surface area contributed by atoms with E-state index in [0.717, 1.165) is 6.73 Å². The summed E-state index contributed by atoms with van der Waals surface area (Å²) >= 11 is 0. The van der Waals surface area contributed by atoms with Crippen LogP contribution in [0.4, 0.5) is 0 Å². The fraction of sp³-hybridized carbons (Fsp3) is 0.571. The van der Waals surface area contributed by atoms with E-state index in [1.54, 1.807) is 0 Å². The van der Waals surface area contributed by atoms with Crippen LogP contribution in [0.3, 0.4) is 0 Å². The Morgan fingerprint density at radius 3 is 2.81 bits per heavy atom. The van der Waals surface area contributed by atoms with Crippen LogP contribution in [-0.2, 0) is 4.74 Å². The lowest BCUT2D eigenvalue weighted by molar-refractivity contribution is 0.0767. The number of nitrogens with zero attached hydrogens (tertiary/aromatic N) is 1. The van der Waals surface area contributed by atoms with Gasteiger partial charge >= 0.3 is 0 Å². The van der Waals surface area contributed by atoms with Crippen LogP contribution in [-0.4, -0.2) is 23.7 Å². The van der Waals surface area contributed by atoms with Gasteiger partial charge in [0, 0.05) is 12.1 Å². The summed E-state index contributed by atoms with van der Waals surface area (Å²) in [5, 5.41) is 0. The minimum absolute atomic E-state index is 0.295. The summed E-state index contributed by atoms with van der Waals surface area (Å²) in [6, 6.07) is 11.9. The topological polar surface area (TPSA) is 12.5 Å². The predicted molar refractivity (Wildman–Crippen MR) is 64.1 cm³/mol. The lowest BCUT2D eigenvalue weighted by Crippen LogP contribution is -2.42. The molecule has 2 fully saturated rings. The molecule has 2 aliphatic rings. The lowest BCUT2D eigenvalue weighted by Gasteiger charge is -2.35. The quantitative estimate of drug-likeness (QED) is 0.717. The molecule has 1 aromatic rings. The fourth-order valence-corrected chi connectivity index (χ4v) is 3.07. The molecule has 0 radical (unpaired) electrons. The molecule has 2 nitrogen and oxygen atoms in total. The zero-order valence-corrected chi connectivity index (χ0v) is 9.80. The molecule has 3 atom stereocenters. The standard InChI is InChI=1S/C14H19NO/c1-11-6-5-9-13-14(16-10-15(11)13)12-7-3-2-4-8-12/h2-4,7-8,11,13-14H,5-6,9-10H2,1H3. The summed E-state index contributed by atoms with van der Waals surface area (Å²) in [5.41, 5.74) is 1.34. The summed E-state index contributed by atoms with van der Waals surface area (Å²) in [6.07, 6.45) is 4.24. The molecule has 0 spiro atoms. The first-order valence-corrected chi connectivity index (χ1v) is 6.28. The highest BCUT2D eigenvalue weighted by Gasteiger charge is 2.40. The lowest BCUT2D eigenvalue weighted by atomic mass is 9.91. The Labute approximate surface area is 97.2 Å². The molecular weight excluding hydrogens is 198 g/mol. The van der Waals surface area contributed by atoms with Crippen LogP contribution in [0.1, 0.15) is 37.9 Å². The highest BCUT2D eigenvalue weighted by atomic mass is 16.5. The maximum atomic E-state index is 5.98. The number of hydrogen-bond donors (Lipinski definition) is 0. The Kier molecular flexibility index (Phi) is 2.70. The molecule has 2 aliphatic heterocycles. The van der Waals surface area contributed by atoms with Gasteiger partial charge in [-0.25, -0.2) is 0 Å². The van der Waals surface area contributed by atoms with Gasteiger partial charge in [0.2, 0.25) is 0 Å². The highest BCUT2D eigenvalue weighted by molar-refractivity contribution is 5.20. The van der Waals surface area contributed by atoms with Gasteiger partial charge in [-0.05, 0) is 25.3 Å². The molecule has 16 heavy (non-hydrogen) atoms. The number of piperidine rings is 1. The molecule has 0 saturated carbocycles. The van der Waals surface area contributed by atoms with E-state index in [4.69, 9.17) is 4.74 Å². The molecule has 0 aliphatic carbocycles. The van der Waals surface area contributed by atoms with Crippen molar-refractivity contribution < 1.29 is 4.74 Å². The average molecular weight is 217 g/mol. The number of ether oxygens (including phenoxy) is 1. The van der Waals surface area contributed by atoms with Crippen LogP contribution in [0.15, 0.2) is 30.3 Å². The zero-order chi connectivity index (χ0) is 11.0. The number of benzene rings is 1. The first kappa shape index (κ1) is 10.3. The molecule has 2 heterocycles. The normalized spacial score (nSPS) is 34.9. The zero-order valence-electron chi connectivity index (χ0n) is 9.80. The Morgan fingerprint density at radius 1 is 1.19 bits per heavy atom. The van der Waals surface area contributed by atoms with E-state index in [2.05, 4.69) is 42.2 Å². The van der Waals surface area contributed by atoms with E-state index < -0.39 is 0 Å². The van der Waals surface area contributed by atoms with Gasteiger partial charge < -0.3 is 4.74 Å². The van der Waals surface area contributed by atoms with Gasteiger partial charge in [-0.1, -0.05) is 36.8 Å². The molecule has 0 N–H and O–H groups in total. The molecule has 1 aromatic carbocycles. The Hall–Kier alpha value is -0.860. The van der Waals surface area contributed by atoms with E-state index in [-0.39, 0.29) is 0 Å². The van der Waals surface area contributed by atoms with Crippen LogP contribution in [0.25, 0.3) is 0 Å². The van der Waals surface area contributed by atoms with Crippen molar-refractivity contribution in [3.63, 3.8) is 0 Å². The van der Waals surface area contributed by atoms with Gasteiger partial charge in [-0.15, -0.1) is 0 Å². The molecule has 86 valence electrons. The van der Waals surface area contributed by atoms with Crippen molar-refractivity contribution in [2.45, 2.75) is 44.4 Å². The van der Waals surface area contributed by atoms with Gasteiger partial charge in [0.25, 0.3) is 0 Å². The van der Waals surface area contributed by atoms with Crippen LogP contribution in [0.5, 0.6) is 0 Å². The minimum Gasteiger partial charge on any atom is -0.356 e. The van der Waals surface area contributed by atoms with Gasteiger partial charge in [0.05, 0.1) is 6.10 Å². The van der Waals surface area contributed by atoms with Gasteiger partial charge in [-0.2, -0.15) is 0 Å². The maximum Gasteiger partial charge on any atom is 0.100 e. The number of rotatable bonds is 1. The second-order valence-corrected chi connectivity index (χ2v) is 4.99. The average Bonchev–Trinajstić information content (AvgIpc) is 2.75. The Bertz CT molecular complexity index is 351. The SMILES string of the molecule is CC1CCCC2C(c3ccccc3)OCN12. The second kappa shape index (κ2) is 4.19. The molecule has 0 amide bonds. The fourth-order valence-electron chi connectivity index (χ4n) is 3.07. The van der Waals surface area contributed by atoms with Crippen molar-refractivity contribution in [2.24, 2.45) is 0 Å². The summed E-state index contributed by atoms with van der Waals surface area (Å²) in [4.78, 5) is 2.53. The minimum atomic E-state index is 0.295. The Morgan fingerprint density at radius 2 is 2.00 bits per heavy atom. The molecule has 3 unspecified atom stereocenters. The molecule has 0 bridgehead atoms. The summed E-state index contributed by atoms with van der Waals surface area (Å²) in [7, 11) is 0. The van der Waals surface area contributed by atoms with Crippen molar-refractivity contribution in [1.29, 1.82) is 0 Å². The molecule has 0 aromatic heterocycles. The molecule has 2 saturated heterocycles. The van der Waals surface area contributed by atoms with Crippen LogP contribution in [0.2, 0.25) is 0 Å². The third kappa shape index (κ3) is 1.66. The van der Waals surface area contributed by atoms with Gasteiger partial charge in [0.15, 0.2) is 0 Å². The predicted octanol–water partition coefficient (Wildman–Crippen LogP) is 2.96. The van der Waals surface area contributed by atoms with Crippen molar-refractivity contribution in [1.82, 2.24) is 4.90 Å². The first-order valence-electron chi connectivity index (χ1n) is 6.28. The first-order chi connectivity index (χ1) is 7.86. The third-order valence-electron chi connectivity index (χ3n) is 3.99. The van der Waals surface area contributed by atoms with Crippen molar-refractivity contribution in [2.75, 3.05) is 6.73 Å². The van der Waals surface area contributed by atoms with E-state index in [0.29, 0.717) is 18.2 Å². The second-order valence-electron chi connectivity index (χ2n) is 4.99.